The predicted octanol–water partition coefficient (Wildman–Crippen LogP) is 2.77. The SMILES string of the molecule is Cc1ccc(N2C=C(CCO)OC2I)cc1. The van der Waals surface area contributed by atoms with Gasteiger partial charge < -0.3 is 14.7 Å². The Kier molecular flexibility index (Phi) is 3.70. The number of alkyl halides is 1. The molecule has 0 aliphatic carbocycles. The van der Waals surface area contributed by atoms with Gasteiger partial charge in [-0.2, -0.15) is 0 Å². The third-order valence-corrected chi connectivity index (χ3v) is 3.30. The number of aryl methyl sites for hydroxylation is 1. The van der Waals surface area contributed by atoms with Gasteiger partial charge >= 0.3 is 0 Å². The minimum atomic E-state index is -0.0261. The Morgan fingerprint density at radius 2 is 2.06 bits per heavy atom. The molecule has 4 heteroatoms. The minimum absolute atomic E-state index is 0.0261. The molecule has 0 saturated carbocycles. The van der Waals surface area contributed by atoms with E-state index in [-0.39, 0.29) is 10.8 Å². The van der Waals surface area contributed by atoms with Crippen molar-refractivity contribution in [3.63, 3.8) is 0 Å². The standard InChI is InChI=1S/C12H14INO2/c1-9-2-4-10(5-3-9)14-8-11(6-7-15)16-12(14)13/h2-5,8,12,15H,6-7H2,1H3. The van der Waals surface area contributed by atoms with Crippen LogP contribution in [0.2, 0.25) is 0 Å². The number of rotatable bonds is 3. The molecular formula is C12H14INO2. The lowest BCUT2D eigenvalue weighted by Gasteiger charge is -2.19. The van der Waals surface area contributed by atoms with Gasteiger partial charge in [-0.1, -0.05) is 17.7 Å². The lowest BCUT2D eigenvalue weighted by molar-refractivity contribution is 0.197. The summed E-state index contributed by atoms with van der Waals surface area (Å²) in [6.45, 7) is 2.19. The van der Waals surface area contributed by atoms with E-state index in [2.05, 4.69) is 58.7 Å². The van der Waals surface area contributed by atoms with Gasteiger partial charge in [0.05, 0.1) is 6.61 Å². The summed E-state index contributed by atoms with van der Waals surface area (Å²) in [5, 5.41) is 8.86. The highest BCUT2D eigenvalue weighted by Crippen LogP contribution is 2.30. The van der Waals surface area contributed by atoms with Gasteiger partial charge in [-0.05, 0) is 41.6 Å². The Bertz CT molecular complexity index is 389. The first-order valence-electron chi connectivity index (χ1n) is 5.18. The third-order valence-electron chi connectivity index (χ3n) is 2.44. The minimum Gasteiger partial charge on any atom is -0.464 e. The number of aliphatic hydroxyl groups excluding tert-OH is 1. The Morgan fingerprint density at radius 1 is 1.38 bits per heavy atom. The molecule has 1 atom stereocenters. The smallest absolute Gasteiger partial charge is 0.227 e. The van der Waals surface area contributed by atoms with Crippen molar-refractivity contribution in [3.8, 4) is 0 Å². The van der Waals surface area contributed by atoms with Crippen LogP contribution in [-0.2, 0) is 4.74 Å². The van der Waals surface area contributed by atoms with Gasteiger partial charge in [-0.15, -0.1) is 0 Å². The van der Waals surface area contributed by atoms with Crippen molar-refractivity contribution in [2.75, 3.05) is 11.5 Å². The molecular weight excluding hydrogens is 317 g/mol. The molecule has 16 heavy (non-hydrogen) atoms. The molecule has 2 rings (SSSR count). The summed E-state index contributed by atoms with van der Waals surface area (Å²) < 4.78 is 5.59. The summed E-state index contributed by atoms with van der Waals surface area (Å²) in [5.74, 6) is 0.836. The second-order valence-electron chi connectivity index (χ2n) is 3.72. The molecule has 1 unspecified atom stereocenters. The number of anilines is 1. The molecule has 0 saturated heterocycles. The third kappa shape index (κ3) is 2.49. The fourth-order valence-electron chi connectivity index (χ4n) is 1.57. The van der Waals surface area contributed by atoms with E-state index in [1.165, 1.54) is 5.56 Å². The maximum atomic E-state index is 8.86. The summed E-state index contributed by atoms with van der Waals surface area (Å²) in [4.78, 5) is 2.06. The van der Waals surface area contributed by atoms with Crippen LogP contribution in [0.5, 0.6) is 0 Å². The van der Waals surface area contributed by atoms with E-state index in [0.717, 1.165) is 11.4 Å². The van der Waals surface area contributed by atoms with Crippen molar-refractivity contribution < 1.29 is 9.84 Å². The average Bonchev–Trinajstić information content (AvgIpc) is 2.61. The van der Waals surface area contributed by atoms with Gasteiger partial charge in [-0.25, -0.2) is 0 Å². The van der Waals surface area contributed by atoms with E-state index in [0.29, 0.717) is 6.42 Å². The van der Waals surface area contributed by atoms with E-state index < -0.39 is 0 Å². The van der Waals surface area contributed by atoms with Crippen LogP contribution in [0.4, 0.5) is 5.69 Å². The second kappa shape index (κ2) is 5.05. The summed E-state index contributed by atoms with van der Waals surface area (Å²) in [5.41, 5.74) is 2.35. The molecule has 1 aliphatic heterocycles. The van der Waals surface area contributed by atoms with E-state index in [1.807, 2.05) is 6.20 Å². The van der Waals surface area contributed by atoms with Crippen LogP contribution in [-0.4, -0.2) is 15.9 Å². The van der Waals surface area contributed by atoms with Crippen molar-refractivity contribution >= 4 is 28.3 Å². The number of aliphatic hydroxyl groups is 1. The predicted molar refractivity (Wildman–Crippen MR) is 72.3 cm³/mol. The van der Waals surface area contributed by atoms with Crippen LogP contribution in [0, 0.1) is 6.92 Å². The number of ether oxygens (including phenoxy) is 1. The molecule has 1 aliphatic rings. The van der Waals surface area contributed by atoms with Gasteiger partial charge in [0, 0.05) is 18.3 Å². The number of nitrogens with zero attached hydrogens (tertiary/aromatic N) is 1. The maximum Gasteiger partial charge on any atom is 0.227 e. The molecule has 0 aromatic heterocycles. The Labute approximate surface area is 109 Å². The zero-order valence-electron chi connectivity index (χ0n) is 9.06. The zero-order valence-corrected chi connectivity index (χ0v) is 11.2. The molecule has 0 fully saturated rings. The highest BCUT2D eigenvalue weighted by Gasteiger charge is 2.23. The molecule has 0 radical (unpaired) electrons. The molecule has 0 amide bonds. The van der Waals surface area contributed by atoms with Crippen LogP contribution in [0.15, 0.2) is 36.2 Å². The van der Waals surface area contributed by atoms with E-state index in [1.54, 1.807) is 0 Å². The molecule has 1 aromatic carbocycles. The van der Waals surface area contributed by atoms with Crippen molar-refractivity contribution in [1.82, 2.24) is 0 Å². The number of hydrogen-bond acceptors (Lipinski definition) is 3. The highest BCUT2D eigenvalue weighted by atomic mass is 127. The molecule has 0 spiro atoms. The topological polar surface area (TPSA) is 32.7 Å². The Morgan fingerprint density at radius 3 is 2.69 bits per heavy atom. The van der Waals surface area contributed by atoms with Crippen LogP contribution >= 0.6 is 22.6 Å². The van der Waals surface area contributed by atoms with Gasteiger partial charge in [0.1, 0.15) is 5.76 Å². The van der Waals surface area contributed by atoms with Crippen LogP contribution < -0.4 is 4.90 Å². The first kappa shape index (κ1) is 11.7. The van der Waals surface area contributed by atoms with Crippen LogP contribution in [0.1, 0.15) is 12.0 Å². The fraction of sp³-hybridized carbons (Fsp3) is 0.333. The fourth-order valence-corrected chi connectivity index (χ4v) is 2.38. The van der Waals surface area contributed by atoms with Crippen molar-refractivity contribution in [2.24, 2.45) is 0 Å². The lowest BCUT2D eigenvalue weighted by Crippen LogP contribution is -2.21. The molecule has 1 N–H and O–H groups in total. The maximum absolute atomic E-state index is 8.86. The normalized spacial score (nSPS) is 19.6. The van der Waals surface area contributed by atoms with Gasteiger partial charge in [0.25, 0.3) is 0 Å². The second-order valence-corrected chi connectivity index (χ2v) is 4.79. The Balaban J connectivity index is 2.17. The molecule has 0 bridgehead atoms. The number of benzene rings is 1. The number of halogens is 1. The number of hydrogen-bond donors (Lipinski definition) is 1. The van der Waals surface area contributed by atoms with Gasteiger partial charge in [-0.3, -0.25) is 0 Å². The first-order valence-corrected chi connectivity index (χ1v) is 6.42. The van der Waals surface area contributed by atoms with Crippen molar-refractivity contribution in [1.29, 1.82) is 0 Å². The highest BCUT2D eigenvalue weighted by molar-refractivity contribution is 14.1. The molecule has 3 nitrogen and oxygen atoms in total. The molecule has 86 valence electrons. The van der Waals surface area contributed by atoms with Gasteiger partial charge in [0.2, 0.25) is 4.23 Å². The molecule has 1 heterocycles. The van der Waals surface area contributed by atoms with Crippen molar-refractivity contribution in [2.45, 2.75) is 17.6 Å². The van der Waals surface area contributed by atoms with Crippen LogP contribution in [0.3, 0.4) is 0 Å². The first-order chi connectivity index (χ1) is 7.70. The lowest BCUT2D eigenvalue weighted by atomic mass is 10.2. The Hall–Kier alpha value is -0.750. The summed E-state index contributed by atoms with van der Waals surface area (Å²) >= 11 is 2.23. The summed E-state index contributed by atoms with van der Waals surface area (Å²) in [6.07, 6.45) is 2.53. The van der Waals surface area contributed by atoms with E-state index in [9.17, 15) is 0 Å². The monoisotopic (exact) mass is 331 g/mol. The van der Waals surface area contributed by atoms with Gasteiger partial charge in [0.15, 0.2) is 0 Å². The van der Waals surface area contributed by atoms with E-state index in [4.69, 9.17) is 9.84 Å². The summed E-state index contributed by atoms with van der Waals surface area (Å²) in [7, 11) is 0. The van der Waals surface area contributed by atoms with E-state index >= 15 is 0 Å². The summed E-state index contributed by atoms with van der Waals surface area (Å²) in [6, 6.07) is 8.30. The zero-order chi connectivity index (χ0) is 11.5. The quantitative estimate of drug-likeness (QED) is 0.525. The largest absolute Gasteiger partial charge is 0.464 e. The van der Waals surface area contributed by atoms with Crippen molar-refractivity contribution in [3.05, 3.63) is 41.8 Å². The average molecular weight is 331 g/mol. The van der Waals surface area contributed by atoms with Crippen LogP contribution in [0.25, 0.3) is 0 Å². The molecule has 1 aromatic rings.